The first-order chi connectivity index (χ1) is 11.7. The fraction of sp³-hybridized carbons (Fsp3) is 0.412. The number of rotatable bonds is 4. The lowest BCUT2D eigenvalue weighted by atomic mass is 10.1. The van der Waals surface area contributed by atoms with E-state index in [2.05, 4.69) is 16.8 Å². The van der Waals surface area contributed by atoms with Gasteiger partial charge in [0, 0.05) is 37.2 Å². The Morgan fingerprint density at radius 3 is 3.17 bits per heavy atom. The minimum Gasteiger partial charge on any atom is -0.464 e. The number of hydrogen-bond acceptors (Lipinski definition) is 6. The molecule has 7 heteroatoms. The van der Waals surface area contributed by atoms with Crippen molar-refractivity contribution in [1.82, 2.24) is 14.3 Å². The van der Waals surface area contributed by atoms with Gasteiger partial charge in [-0.25, -0.2) is 4.98 Å². The third-order valence-corrected chi connectivity index (χ3v) is 5.08. The standard InChI is InChI=1S/C17H19N3O3S/c1-2-13-3-4-15(23-13)14-11-22-7-5-19(14)10-12-9-16(21)20-6-8-24-17(20)18-12/h3-4,6,8-9,14H,2,5,7,10-11H2,1H3/t14-/m1/s1. The van der Waals surface area contributed by atoms with Gasteiger partial charge in [-0.3, -0.25) is 14.1 Å². The molecule has 0 aliphatic carbocycles. The van der Waals surface area contributed by atoms with Crippen LogP contribution in [-0.4, -0.2) is 34.0 Å². The highest BCUT2D eigenvalue weighted by Crippen LogP contribution is 2.27. The van der Waals surface area contributed by atoms with E-state index >= 15 is 0 Å². The normalized spacial score (nSPS) is 19.1. The summed E-state index contributed by atoms with van der Waals surface area (Å²) in [4.78, 5) is 19.8. The van der Waals surface area contributed by atoms with Gasteiger partial charge < -0.3 is 9.15 Å². The predicted octanol–water partition coefficient (Wildman–Crippen LogP) is 2.48. The summed E-state index contributed by atoms with van der Waals surface area (Å²) < 4.78 is 13.1. The summed E-state index contributed by atoms with van der Waals surface area (Å²) in [5.41, 5.74) is 0.754. The average molecular weight is 345 g/mol. The molecule has 0 bridgehead atoms. The van der Waals surface area contributed by atoms with Crippen molar-refractivity contribution in [3.8, 4) is 0 Å². The SMILES string of the molecule is CCc1ccc([C@H]2COCCN2Cc2cc(=O)n3ccsc3n2)o1. The molecule has 1 aliphatic heterocycles. The van der Waals surface area contributed by atoms with Crippen LogP contribution in [0.2, 0.25) is 0 Å². The minimum absolute atomic E-state index is 0.0349. The molecular weight excluding hydrogens is 326 g/mol. The van der Waals surface area contributed by atoms with Crippen molar-refractivity contribution in [1.29, 1.82) is 0 Å². The minimum atomic E-state index is -0.0349. The summed E-state index contributed by atoms with van der Waals surface area (Å²) >= 11 is 1.47. The fourth-order valence-electron chi connectivity index (χ4n) is 3.03. The first-order valence-electron chi connectivity index (χ1n) is 8.11. The number of hydrogen-bond donors (Lipinski definition) is 0. The third-order valence-electron chi connectivity index (χ3n) is 4.32. The Hall–Kier alpha value is -1.96. The molecule has 24 heavy (non-hydrogen) atoms. The van der Waals surface area contributed by atoms with Crippen molar-refractivity contribution in [3.05, 3.63) is 57.3 Å². The number of aromatic nitrogens is 2. The molecule has 0 spiro atoms. The smallest absolute Gasteiger partial charge is 0.258 e. The summed E-state index contributed by atoms with van der Waals surface area (Å²) in [7, 11) is 0. The highest BCUT2D eigenvalue weighted by Gasteiger charge is 2.27. The first kappa shape index (κ1) is 15.6. The van der Waals surface area contributed by atoms with Crippen LogP contribution >= 0.6 is 11.3 Å². The summed E-state index contributed by atoms with van der Waals surface area (Å²) in [6.45, 7) is 4.75. The van der Waals surface area contributed by atoms with Crippen LogP contribution in [0.1, 0.15) is 30.2 Å². The molecule has 1 aliphatic rings. The van der Waals surface area contributed by atoms with Crippen LogP contribution in [0.5, 0.6) is 0 Å². The fourth-order valence-corrected chi connectivity index (χ4v) is 3.77. The lowest BCUT2D eigenvalue weighted by Gasteiger charge is -2.34. The Labute approximate surface area is 143 Å². The van der Waals surface area contributed by atoms with Gasteiger partial charge >= 0.3 is 0 Å². The molecule has 4 rings (SSSR count). The maximum Gasteiger partial charge on any atom is 0.258 e. The molecule has 3 aromatic rings. The van der Waals surface area contributed by atoms with Crippen molar-refractivity contribution in [3.63, 3.8) is 0 Å². The van der Waals surface area contributed by atoms with E-state index in [1.165, 1.54) is 11.3 Å². The average Bonchev–Trinajstić information content (AvgIpc) is 3.24. The van der Waals surface area contributed by atoms with Crippen molar-refractivity contribution in [2.75, 3.05) is 19.8 Å². The Balaban J connectivity index is 1.61. The zero-order valence-corrected chi connectivity index (χ0v) is 14.3. The van der Waals surface area contributed by atoms with Gasteiger partial charge in [-0.2, -0.15) is 0 Å². The Morgan fingerprint density at radius 1 is 1.42 bits per heavy atom. The van der Waals surface area contributed by atoms with E-state index in [0.29, 0.717) is 19.8 Å². The van der Waals surface area contributed by atoms with E-state index in [-0.39, 0.29) is 11.6 Å². The lowest BCUT2D eigenvalue weighted by Crippen LogP contribution is -2.39. The molecule has 1 fully saturated rings. The highest BCUT2D eigenvalue weighted by molar-refractivity contribution is 7.15. The molecule has 3 aromatic heterocycles. The summed E-state index contributed by atoms with van der Waals surface area (Å²) in [6, 6.07) is 5.72. The molecule has 4 heterocycles. The van der Waals surface area contributed by atoms with E-state index < -0.39 is 0 Å². The second kappa shape index (κ2) is 6.51. The van der Waals surface area contributed by atoms with Gasteiger partial charge in [0.1, 0.15) is 11.5 Å². The molecule has 0 radical (unpaired) electrons. The monoisotopic (exact) mass is 345 g/mol. The second-order valence-corrected chi connectivity index (χ2v) is 6.73. The number of nitrogens with zero attached hydrogens (tertiary/aromatic N) is 3. The summed E-state index contributed by atoms with van der Waals surface area (Å²) in [5, 5.41) is 1.88. The summed E-state index contributed by atoms with van der Waals surface area (Å²) in [5.74, 6) is 1.90. The van der Waals surface area contributed by atoms with Gasteiger partial charge in [0.15, 0.2) is 4.96 Å². The van der Waals surface area contributed by atoms with Crippen molar-refractivity contribution in [2.45, 2.75) is 25.9 Å². The van der Waals surface area contributed by atoms with Gasteiger partial charge in [0.2, 0.25) is 0 Å². The maximum absolute atomic E-state index is 12.2. The van der Waals surface area contributed by atoms with E-state index in [4.69, 9.17) is 9.15 Å². The first-order valence-corrected chi connectivity index (χ1v) is 8.98. The quantitative estimate of drug-likeness (QED) is 0.727. The maximum atomic E-state index is 12.2. The topological polar surface area (TPSA) is 60.0 Å². The number of ether oxygens (including phenoxy) is 1. The molecular formula is C17H19N3O3S. The van der Waals surface area contributed by atoms with Gasteiger partial charge in [-0.15, -0.1) is 11.3 Å². The molecule has 1 atom stereocenters. The highest BCUT2D eigenvalue weighted by atomic mass is 32.1. The van der Waals surface area contributed by atoms with E-state index in [1.807, 2.05) is 17.5 Å². The zero-order chi connectivity index (χ0) is 16.5. The van der Waals surface area contributed by atoms with Crippen LogP contribution in [0.25, 0.3) is 4.96 Å². The summed E-state index contributed by atoms with van der Waals surface area (Å²) in [6.07, 6.45) is 2.63. The van der Waals surface area contributed by atoms with Crippen molar-refractivity contribution >= 4 is 16.3 Å². The molecule has 0 N–H and O–H groups in total. The second-order valence-electron chi connectivity index (χ2n) is 5.86. The van der Waals surface area contributed by atoms with Crippen LogP contribution in [-0.2, 0) is 17.7 Å². The van der Waals surface area contributed by atoms with Crippen LogP contribution in [0.15, 0.2) is 39.0 Å². The van der Waals surface area contributed by atoms with E-state index in [0.717, 1.165) is 35.1 Å². The number of morpholine rings is 1. The number of furan rings is 1. The molecule has 126 valence electrons. The molecule has 6 nitrogen and oxygen atoms in total. The van der Waals surface area contributed by atoms with Crippen LogP contribution < -0.4 is 5.56 Å². The zero-order valence-electron chi connectivity index (χ0n) is 13.5. The molecule has 0 unspecified atom stereocenters. The van der Waals surface area contributed by atoms with Gasteiger partial charge in [0.05, 0.1) is 24.9 Å². The van der Waals surface area contributed by atoms with E-state index in [1.54, 1.807) is 16.7 Å². The molecule has 0 amide bonds. The molecule has 0 saturated carbocycles. The molecule has 1 saturated heterocycles. The van der Waals surface area contributed by atoms with Crippen LogP contribution in [0, 0.1) is 0 Å². The third kappa shape index (κ3) is 2.90. The van der Waals surface area contributed by atoms with E-state index in [9.17, 15) is 4.79 Å². The largest absolute Gasteiger partial charge is 0.464 e. The number of fused-ring (bicyclic) bond motifs is 1. The van der Waals surface area contributed by atoms with Gasteiger partial charge in [-0.1, -0.05) is 6.92 Å². The molecule has 0 aromatic carbocycles. The van der Waals surface area contributed by atoms with Crippen LogP contribution in [0.3, 0.4) is 0 Å². The Bertz CT molecular complexity index is 898. The van der Waals surface area contributed by atoms with Crippen LogP contribution in [0.4, 0.5) is 0 Å². The van der Waals surface area contributed by atoms with Crippen molar-refractivity contribution in [2.24, 2.45) is 0 Å². The lowest BCUT2D eigenvalue weighted by molar-refractivity contribution is -0.0211. The van der Waals surface area contributed by atoms with Gasteiger partial charge in [-0.05, 0) is 12.1 Å². The Morgan fingerprint density at radius 2 is 2.33 bits per heavy atom. The van der Waals surface area contributed by atoms with Gasteiger partial charge in [0.25, 0.3) is 5.56 Å². The number of thiazole rings is 1. The predicted molar refractivity (Wildman–Crippen MR) is 91.4 cm³/mol. The Kier molecular flexibility index (Phi) is 4.22. The number of aryl methyl sites for hydroxylation is 1. The van der Waals surface area contributed by atoms with Crippen molar-refractivity contribution < 1.29 is 9.15 Å².